The lowest BCUT2D eigenvalue weighted by molar-refractivity contribution is -0.119. The standard InChI is InChI=1S/C17H18ClNOS/c1-13(15-9-5-6-10-16(15)18)19-17(20)12-21-11-14-7-3-2-4-8-14/h2-10,13H,11-12H2,1H3,(H,19,20). The van der Waals surface area contributed by atoms with E-state index in [0.29, 0.717) is 10.8 Å². The highest BCUT2D eigenvalue weighted by molar-refractivity contribution is 7.99. The van der Waals surface area contributed by atoms with Crippen molar-refractivity contribution >= 4 is 29.3 Å². The Kier molecular flexibility index (Phi) is 6.15. The number of halogens is 1. The zero-order valence-corrected chi connectivity index (χ0v) is 13.5. The fourth-order valence-electron chi connectivity index (χ4n) is 2.02. The van der Waals surface area contributed by atoms with Crippen LogP contribution in [-0.2, 0) is 10.5 Å². The molecule has 0 fully saturated rings. The molecule has 0 saturated heterocycles. The first-order valence-electron chi connectivity index (χ1n) is 6.82. The third-order valence-corrected chi connectivity index (χ3v) is 4.44. The largest absolute Gasteiger partial charge is 0.349 e. The maximum absolute atomic E-state index is 12.0. The summed E-state index contributed by atoms with van der Waals surface area (Å²) in [6.07, 6.45) is 0. The van der Waals surface area contributed by atoms with Crippen LogP contribution >= 0.6 is 23.4 Å². The van der Waals surface area contributed by atoms with Crippen molar-refractivity contribution in [1.29, 1.82) is 0 Å². The van der Waals surface area contributed by atoms with Crippen LogP contribution in [0.1, 0.15) is 24.1 Å². The second kappa shape index (κ2) is 8.11. The summed E-state index contributed by atoms with van der Waals surface area (Å²) in [6, 6.07) is 17.6. The number of carbonyl (C=O) groups excluding carboxylic acids is 1. The second-order valence-electron chi connectivity index (χ2n) is 4.79. The Balaban J connectivity index is 1.78. The van der Waals surface area contributed by atoms with Crippen molar-refractivity contribution in [2.45, 2.75) is 18.7 Å². The molecule has 21 heavy (non-hydrogen) atoms. The summed E-state index contributed by atoms with van der Waals surface area (Å²) in [5.41, 5.74) is 2.18. The lowest BCUT2D eigenvalue weighted by Gasteiger charge is -2.15. The molecule has 2 aromatic carbocycles. The van der Waals surface area contributed by atoms with E-state index in [1.54, 1.807) is 11.8 Å². The minimum atomic E-state index is -0.0801. The molecule has 2 nitrogen and oxygen atoms in total. The van der Waals surface area contributed by atoms with Crippen molar-refractivity contribution in [1.82, 2.24) is 5.32 Å². The van der Waals surface area contributed by atoms with E-state index in [9.17, 15) is 4.79 Å². The summed E-state index contributed by atoms with van der Waals surface area (Å²) >= 11 is 7.74. The molecule has 0 bridgehead atoms. The molecule has 0 radical (unpaired) electrons. The van der Waals surface area contributed by atoms with E-state index < -0.39 is 0 Å². The third-order valence-electron chi connectivity index (χ3n) is 3.09. The third kappa shape index (κ3) is 5.10. The van der Waals surface area contributed by atoms with Gasteiger partial charge in [0.2, 0.25) is 5.91 Å². The monoisotopic (exact) mass is 319 g/mol. The van der Waals surface area contributed by atoms with Crippen LogP contribution in [0.5, 0.6) is 0 Å². The van der Waals surface area contributed by atoms with Gasteiger partial charge in [-0.25, -0.2) is 0 Å². The Labute approximate surface area is 134 Å². The van der Waals surface area contributed by atoms with Crippen molar-refractivity contribution in [2.75, 3.05) is 5.75 Å². The maximum atomic E-state index is 12.0. The number of hydrogen-bond donors (Lipinski definition) is 1. The van der Waals surface area contributed by atoms with E-state index in [4.69, 9.17) is 11.6 Å². The smallest absolute Gasteiger partial charge is 0.230 e. The zero-order chi connectivity index (χ0) is 15.1. The summed E-state index contributed by atoms with van der Waals surface area (Å²) < 4.78 is 0. The molecule has 0 aromatic heterocycles. The SMILES string of the molecule is CC(NC(=O)CSCc1ccccc1)c1ccccc1Cl. The van der Waals surface area contributed by atoms with Gasteiger partial charge in [0.1, 0.15) is 0 Å². The van der Waals surface area contributed by atoms with Gasteiger partial charge in [0, 0.05) is 10.8 Å². The molecule has 1 unspecified atom stereocenters. The average molecular weight is 320 g/mol. The van der Waals surface area contributed by atoms with Crippen LogP contribution in [-0.4, -0.2) is 11.7 Å². The highest BCUT2D eigenvalue weighted by Gasteiger charge is 2.12. The molecular weight excluding hydrogens is 302 g/mol. The average Bonchev–Trinajstić information content (AvgIpc) is 2.48. The van der Waals surface area contributed by atoms with E-state index in [1.807, 2.05) is 49.4 Å². The van der Waals surface area contributed by atoms with Gasteiger partial charge in [-0.3, -0.25) is 4.79 Å². The molecule has 0 aliphatic rings. The van der Waals surface area contributed by atoms with Crippen LogP contribution in [0.25, 0.3) is 0 Å². The van der Waals surface area contributed by atoms with E-state index >= 15 is 0 Å². The van der Waals surface area contributed by atoms with Crippen molar-refractivity contribution in [3.8, 4) is 0 Å². The zero-order valence-electron chi connectivity index (χ0n) is 11.9. The van der Waals surface area contributed by atoms with E-state index in [2.05, 4.69) is 17.4 Å². The van der Waals surface area contributed by atoms with Crippen molar-refractivity contribution < 1.29 is 4.79 Å². The molecule has 1 amide bonds. The lowest BCUT2D eigenvalue weighted by Crippen LogP contribution is -2.28. The summed E-state index contributed by atoms with van der Waals surface area (Å²) in [5.74, 6) is 1.32. The van der Waals surface area contributed by atoms with Crippen molar-refractivity contribution in [3.05, 3.63) is 70.7 Å². The summed E-state index contributed by atoms with van der Waals surface area (Å²) in [4.78, 5) is 12.0. The molecular formula is C17H18ClNOS. The highest BCUT2D eigenvalue weighted by Crippen LogP contribution is 2.22. The number of carbonyl (C=O) groups is 1. The molecule has 2 rings (SSSR count). The van der Waals surface area contributed by atoms with Gasteiger partial charge in [0.25, 0.3) is 0 Å². The quantitative estimate of drug-likeness (QED) is 0.852. The number of hydrogen-bond acceptors (Lipinski definition) is 2. The second-order valence-corrected chi connectivity index (χ2v) is 6.18. The van der Waals surface area contributed by atoms with Crippen molar-refractivity contribution in [2.24, 2.45) is 0 Å². The van der Waals surface area contributed by atoms with Gasteiger partial charge in [-0.1, -0.05) is 60.1 Å². The van der Waals surface area contributed by atoms with Crippen LogP contribution in [0.4, 0.5) is 0 Å². The predicted octanol–water partition coefficient (Wildman–Crippen LogP) is 4.45. The number of rotatable bonds is 6. The van der Waals surface area contributed by atoms with E-state index in [1.165, 1.54) is 5.56 Å². The topological polar surface area (TPSA) is 29.1 Å². The van der Waals surface area contributed by atoms with Crippen LogP contribution in [0.2, 0.25) is 5.02 Å². The first-order chi connectivity index (χ1) is 10.2. The normalized spacial score (nSPS) is 11.9. The number of thioether (sulfide) groups is 1. The molecule has 110 valence electrons. The molecule has 0 aliphatic heterocycles. The van der Waals surface area contributed by atoms with E-state index in [-0.39, 0.29) is 11.9 Å². The minimum absolute atomic E-state index is 0.0309. The predicted molar refractivity (Wildman–Crippen MR) is 90.6 cm³/mol. The van der Waals surface area contributed by atoms with Gasteiger partial charge in [-0.15, -0.1) is 11.8 Å². The van der Waals surface area contributed by atoms with Gasteiger partial charge >= 0.3 is 0 Å². The molecule has 2 aromatic rings. The molecule has 1 N–H and O–H groups in total. The Morgan fingerprint density at radius 1 is 1.14 bits per heavy atom. The lowest BCUT2D eigenvalue weighted by atomic mass is 10.1. The first kappa shape index (κ1) is 15.9. The highest BCUT2D eigenvalue weighted by atomic mass is 35.5. The number of amides is 1. The molecule has 0 saturated carbocycles. The summed E-state index contributed by atoms with van der Waals surface area (Å²) in [5, 5.41) is 3.66. The number of benzene rings is 2. The molecule has 1 atom stereocenters. The Hall–Kier alpha value is -1.45. The summed E-state index contributed by atoms with van der Waals surface area (Å²) in [6.45, 7) is 1.95. The fraction of sp³-hybridized carbons (Fsp3) is 0.235. The van der Waals surface area contributed by atoms with Gasteiger partial charge in [-0.2, -0.15) is 0 Å². The van der Waals surface area contributed by atoms with Gasteiger partial charge in [0.15, 0.2) is 0 Å². The van der Waals surface area contributed by atoms with Crippen molar-refractivity contribution in [3.63, 3.8) is 0 Å². The Morgan fingerprint density at radius 3 is 2.52 bits per heavy atom. The van der Waals surface area contributed by atoms with E-state index in [0.717, 1.165) is 11.3 Å². The minimum Gasteiger partial charge on any atom is -0.349 e. The number of nitrogens with one attached hydrogen (secondary N) is 1. The Bertz CT molecular complexity index is 588. The molecule has 0 spiro atoms. The summed E-state index contributed by atoms with van der Waals surface area (Å²) in [7, 11) is 0. The first-order valence-corrected chi connectivity index (χ1v) is 8.35. The van der Waals surface area contributed by atoms with Gasteiger partial charge in [0.05, 0.1) is 11.8 Å². The Morgan fingerprint density at radius 2 is 1.81 bits per heavy atom. The van der Waals surface area contributed by atoms with Crippen LogP contribution in [0, 0.1) is 0 Å². The molecule has 0 aliphatic carbocycles. The molecule has 0 heterocycles. The van der Waals surface area contributed by atoms with Crippen LogP contribution < -0.4 is 5.32 Å². The molecule has 4 heteroatoms. The maximum Gasteiger partial charge on any atom is 0.230 e. The van der Waals surface area contributed by atoms with Gasteiger partial charge in [-0.05, 0) is 24.1 Å². The van der Waals surface area contributed by atoms with Gasteiger partial charge < -0.3 is 5.32 Å². The van der Waals surface area contributed by atoms with Crippen LogP contribution in [0.3, 0.4) is 0 Å². The van der Waals surface area contributed by atoms with Crippen LogP contribution in [0.15, 0.2) is 54.6 Å². The fourth-order valence-corrected chi connectivity index (χ4v) is 3.12.